The van der Waals surface area contributed by atoms with Crippen LogP contribution in [0.2, 0.25) is 0 Å². The van der Waals surface area contributed by atoms with E-state index in [4.69, 9.17) is 10.5 Å². The van der Waals surface area contributed by atoms with Crippen molar-refractivity contribution in [2.75, 3.05) is 6.61 Å². The number of amides is 1. The van der Waals surface area contributed by atoms with Crippen molar-refractivity contribution < 1.29 is 9.53 Å². The Hall–Kier alpha value is -2.04. The highest BCUT2D eigenvalue weighted by molar-refractivity contribution is 5.85. The number of ether oxygens (including phenoxy) is 1. The van der Waals surface area contributed by atoms with Gasteiger partial charge in [-0.05, 0) is 37.5 Å². The van der Waals surface area contributed by atoms with Gasteiger partial charge in [0.25, 0.3) is 0 Å². The fourth-order valence-corrected chi connectivity index (χ4v) is 2.40. The average molecular weight is 349 g/mol. The van der Waals surface area contributed by atoms with Gasteiger partial charge in [-0.3, -0.25) is 4.79 Å². The fraction of sp³-hybridized carbons (Fsp3) is 0.316. The van der Waals surface area contributed by atoms with Crippen LogP contribution in [0.1, 0.15) is 29.7 Å². The summed E-state index contributed by atoms with van der Waals surface area (Å²) in [6, 6.07) is 15.0. The summed E-state index contributed by atoms with van der Waals surface area (Å²) in [6.45, 7) is 6.05. The molecule has 0 bridgehead atoms. The Labute approximate surface area is 149 Å². The SMILES string of the molecule is Cc1cccc(C)c1OCC(NC(=O)[C@H](C)N)c1ccccc1.Cl. The maximum atomic E-state index is 12.0. The van der Waals surface area contributed by atoms with Crippen molar-refractivity contribution in [3.8, 4) is 5.75 Å². The Balaban J connectivity index is 0.00000288. The molecule has 3 N–H and O–H groups in total. The zero-order valence-corrected chi connectivity index (χ0v) is 15.1. The fourth-order valence-electron chi connectivity index (χ4n) is 2.40. The van der Waals surface area contributed by atoms with Gasteiger partial charge in [-0.25, -0.2) is 0 Å². The topological polar surface area (TPSA) is 64.3 Å². The summed E-state index contributed by atoms with van der Waals surface area (Å²) in [6.07, 6.45) is 0. The zero-order chi connectivity index (χ0) is 16.8. The van der Waals surface area contributed by atoms with Gasteiger partial charge in [0.15, 0.2) is 0 Å². The van der Waals surface area contributed by atoms with Crippen molar-refractivity contribution in [1.29, 1.82) is 0 Å². The minimum atomic E-state index is -0.554. The van der Waals surface area contributed by atoms with Crippen LogP contribution >= 0.6 is 12.4 Å². The summed E-state index contributed by atoms with van der Waals surface area (Å²) < 4.78 is 6.01. The van der Waals surface area contributed by atoms with Crippen molar-refractivity contribution in [2.45, 2.75) is 32.9 Å². The number of hydrogen-bond donors (Lipinski definition) is 2. The standard InChI is InChI=1S/C19H24N2O2.ClH/c1-13-8-7-9-14(2)18(13)23-12-17(21-19(22)15(3)20)16-10-5-4-6-11-16;/h4-11,15,17H,12,20H2,1-3H3,(H,21,22);1H/t15-,17?;/m0./s1. The molecule has 0 saturated heterocycles. The first kappa shape index (κ1) is 20.0. The molecule has 0 aliphatic heterocycles. The third kappa shape index (κ3) is 5.25. The number of nitrogens with two attached hydrogens (primary N) is 1. The number of para-hydroxylation sites is 1. The summed E-state index contributed by atoms with van der Waals surface area (Å²) in [5.74, 6) is 0.674. The Morgan fingerprint density at radius 2 is 1.67 bits per heavy atom. The molecule has 130 valence electrons. The van der Waals surface area contributed by atoms with E-state index < -0.39 is 6.04 Å². The van der Waals surface area contributed by atoms with Crippen LogP contribution in [-0.2, 0) is 4.79 Å². The Kier molecular flexibility index (Phi) is 7.75. The molecule has 1 amide bonds. The van der Waals surface area contributed by atoms with Gasteiger partial charge < -0.3 is 15.8 Å². The highest BCUT2D eigenvalue weighted by Gasteiger charge is 2.18. The van der Waals surface area contributed by atoms with Gasteiger partial charge in [0.1, 0.15) is 12.4 Å². The normalized spacial score (nSPS) is 12.7. The molecule has 2 aromatic carbocycles. The smallest absolute Gasteiger partial charge is 0.237 e. The Morgan fingerprint density at radius 1 is 1.08 bits per heavy atom. The van der Waals surface area contributed by atoms with E-state index in [0.717, 1.165) is 22.4 Å². The van der Waals surface area contributed by atoms with E-state index in [0.29, 0.717) is 6.61 Å². The highest BCUT2D eigenvalue weighted by Crippen LogP contribution is 2.24. The third-order valence-corrected chi connectivity index (χ3v) is 3.74. The van der Waals surface area contributed by atoms with Crippen molar-refractivity contribution in [1.82, 2.24) is 5.32 Å². The predicted molar refractivity (Wildman–Crippen MR) is 99.6 cm³/mol. The van der Waals surface area contributed by atoms with Crippen molar-refractivity contribution in [3.05, 3.63) is 65.2 Å². The first-order valence-corrected chi connectivity index (χ1v) is 7.79. The van der Waals surface area contributed by atoms with Gasteiger partial charge in [0.05, 0.1) is 12.1 Å². The lowest BCUT2D eigenvalue weighted by Crippen LogP contribution is -2.42. The van der Waals surface area contributed by atoms with E-state index in [1.165, 1.54) is 0 Å². The molecule has 2 atom stereocenters. The zero-order valence-electron chi connectivity index (χ0n) is 14.3. The quantitative estimate of drug-likeness (QED) is 0.841. The van der Waals surface area contributed by atoms with Crippen molar-refractivity contribution in [3.63, 3.8) is 0 Å². The molecule has 0 fully saturated rings. The van der Waals surface area contributed by atoms with Gasteiger partial charge in [-0.1, -0.05) is 48.5 Å². The van der Waals surface area contributed by atoms with Gasteiger partial charge in [-0.15, -0.1) is 12.4 Å². The van der Waals surface area contributed by atoms with Crippen molar-refractivity contribution >= 4 is 18.3 Å². The van der Waals surface area contributed by atoms with Crippen LogP contribution < -0.4 is 15.8 Å². The van der Waals surface area contributed by atoms with Crippen LogP contribution in [0.5, 0.6) is 5.75 Å². The van der Waals surface area contributed by atoms with E-state index in [1.54, 1.807) is 6.92 Å². The molecule has 24 heavy (non-hydrogen) atoms. The largest absolute Gasteiger partial charge is 0.491 e. The van der Waals surface area contributed by atoms with Crippen LogP contribution in [0.3, 0.4) is 0 Å². The van der Waals surface area contributed by atoms with E-state index in [2.05, 4.69) is 5.32 Å². The van der Waals surface area contributed by atoms with Crippen LogP contribution in [0.4, 0.5) is 0 Å². The second kappa shape index (κ2) is 9.30. The van der Waals surface area contributed by atoms with Gasteiger partial charge in [-0.2, -0.15) is 0 Å². The maximum absolute atomic E-state index is 12.0. The number of nitrogens with one attached hydrogen (secondary N) is 1. The molecule has 2 rings (SSSR count). The summed E-state index contributed by atoms with van der Waals surface area (Å²) >= 11 is 0. The Morgan fingerprint density at radius 3 is 2.21 bits per heavy atom. The van der Waals surface area contributed by atoms with Gasteiger partial charge >= 0.3 is 0 Å². The number of halogens is 1. The average Bonchev–Trinajstić information content (AvgIpc) is 2.53. The number of carbonyl (C=O) groups excluding carboxylic acids is 1. The number of rotatable bonds is 6. The molecule has 4 nitrogen and oxygen atoms in total. The van der Waals surface area contributed by atoms with E-state index >= 15 is 0 Å². The second-order valence-corrected chi connectivity index (χ2v) is 5.79. The molecule has 0 aliphatic carbocycles. The lowest BCUT2D eigenvalue weighted by Gasteiger charge is -2.22. The predicted octanol–water partition coefficient (Wildman–Crippen LogP) is 3.31. The number of carbonyl (C=O) groups is 1. The summed E-state index contributed by atoms with van der Waals surface area (Å²) in [7, 11) is 0. The first-order chi connectivity index (χ1) is 11.0. The number of hydrogen-bond acceptors (Lipinski definition) is 3. The molecule has 0 aliphatic rings. The van der Waals surface area contributed by atoms with Crippen LogP contribution in [0.15, 0.2) is 48.5 Å². The number of aryl methyl sites for hydroxylation is 2. The van der Waals surface area contributed by atoms with E-state index in [-0.39, 0.29) is 24.4 Å². The molecule has 2 aromatic rings. The minimum absolute atomic E-state index is 0. The molecule has 0 aromatic heterocycles. The highest BCUT2D eigenvalue weighted by atomic mass is 35.5. The van der Waals surface area contributed by atoms with Crippen LogP contribution in [-0.4, -0.2) is 18.6 Å². The molecule has 0 saturated carbocycles. The summed E-state index contributed by atoms with van der Waals surface area (Å²) in [5, 5.41) is 2.95. The lowest BCUT2D eigenvalue weighted by atomic mass is 10.1. The van der Waals surface area contributed by atoms with E-state index in [1.807, 2.05) is 62.4 Å². The van der Waals surface area contributed by atoms with Crippen molar-refractivity contribution in [2.24, 2.45) is 5.73 Å². The molecule has 5 heteroatoms. The summed E-state index contributed by atoms with van der Waals surface area (Å²) in [5.41, 5.74) is 8.82. The lowest BCUT2D eigenvalue weighted by molar-refractivity contribution is -0.123. The minimum Gasteiger partial charge on any atom is -0.491 e. The van der Waals surface area contributed by atoms with Gasteiger partial charge in [0.2, 0.25) is 5.91 Å². The molecule has 0 heterocycles. The molecular formula is C19H25ClN2O2. The van der Waals surface area contributed by atoms with Crippen LogP contribution in [0.25, 0.3) is 0 Å². The van der Waals surface area contributed by atoms with Gasteiger partial charge in [0, 0.05) is 0 Å². The maximum Gasteiger partial charge on any atom is 0.237 e. The molecular weight excluding hydrogens is 324 g/mol. The Bertz CT molecular complexity index is 639. The monoisotopic (exact) mass is 348 g/mol. The second-order valence-electron chi connectivity index (χ2n) is 5.79. The first-order valence-electron chi connectivity index (χ1n) is 7.79. The third-order valence-electron chi connectivity index (χ3n) is 3.74. The summed E-state index contributed by atoms with van der Waals surface area (Å²) in [4.78, 5) is 12.0. The molecule has 0 radical (unpaired) electrons. The molecule has 0 spiro atoms. The van der Waals surface area contributed by atoms with Crippen LogP contribution in [0, 0.1) is 13.8 Å². The number of benzene rings is 2. The van der Waals surface area contributed by atoms with E-state index in [9.17, 15) is 4.79 Å². The molecule has 1 unspecified atom stereocenters.